The molecule has 0 spiro atoms. The van der Waals surface area contributed by atoms with E-state index in [2.05, 4.69) is 5.32 Å². The Kier molecular flexibility index (Phi) is 3.00. The van der Waals surface area contributed by atoms with Crippen LogP contribution in [0.25, 0.3) is 5.57 Å². The molecule has 1 aliphatic carbocycles. The van der Waals surface area contributed by atoms with Crippen LogP contribution in [-0.4, -0.2) is 18.6 Å². The van der Waals surface area contributed by atoms with Gasteiger partial charge in [0.15, 0.2) is 0 Å². The first kappa shape index (κ1) is 11.6. The lowest BCUT2D eigenvalue weighted by Gasteiger charge is -2.20. The lowest BCUT2D eigenvalue weighted by atomic mass is 9.99. The second-order valence-electron chi connectivity index (χ2n) is 4.69. The summed E-state index contributed by atoms with van der Waals surface area (Å²) in [4.78, 5) is 11.8. The van der Waals surface area contributed by atoms with Crippen LogP contribution in [0.3, 0.4) is 0 Å². The largest absolute Gasteiger partial charge is 0.493 e. The highest BCUT2D eigenvalue weighted by Crippen LogP contribution is 2.34. The summed E-state index contributed by atoms with van der Waals surface area (Å²) in [6.45, 7) is 0.608. The first-order valence-electron chi connectivity index (χ1n) is 6.16. The summed E-state index contributed by atoms with van der Waals surface area (Å²) < 4.78 is 5.55. The predicted molar refractivity (Wildman–Crippen MR) is 70.7 cm³/mol. The van der Waals surface area contributed by atoms with E-state index in [1.54, 1.807) is 12.1 Å². The van der Waals surface area contributed by atoms with Crippen LogP contribution in [0.5, 0.6) is 5.75 Å². The van der Waals surface area contributed by atoms with E-state index in [1.807, 2.05) is 12.1 Å². The van der Waals surface area contributed by atoms with Crippen LogP contribution in [0.2, 0.25) is 5.02 Å². The molecule has 1 amide bonds. The third-order valence-electron chi connectivity index (χ3n) is 3.15. The van der Waals surface area contributed by atoms with Crippen molar-refractivity contribution in [3.8, 4) is 5.75 Å². The molecule has 2 aliphatic rings. The fraction of sp³-hybridized carbons (Fsp3) is 0.357. The lowest BCUT2D eigenvalue weighted by molar-refractivity contribution is -0.116. The molecule has 1 saturated carbocycles. The summed E-state index contributed by atoms with van der Waals surface area (Å²) in [7, 11) is 0. The van der Waals surface area contributed by atoms with Gasteiger partial charge >= 0.3 is 0 Å². The number of carbonyl (C=O) groups is 1. The van der Waals surface area contributed by atoms with E-state index in [4.69, 9.17) is 16.3 Å². The maximum atomic E-state index is 11.8. The van der Waals surface area contributed by atoms with Gasteiger partial charge in [-0.3, -0.25) is 4.79 Å². The number of fused-ring (bicyclic) bond motifs is 1. The molecule has 0 saturated heterocycles. The molecular formula is C14H14ClNO2. The zero-order valence-electron chi connectivity index (χ0n) is 9.91. The van der Waals surface area contributed by atoms with E-state index >= 15 is 0 Å². The predicted octanol–water partition coefficient (Wildman–Crippen LogP) is 2.78. The smallest absolute Gasteiger partial charge is 0.244 e. The molecule has 1 aromatic carbocycles. The van der Waals surface area contributed by atoms with Crippen LogP contribution in [0.4, 0.5) is 0 Å². The van der Waals surface area contributed by atoms with Crippen molar-refractivity contribution in [1.29, 1.82) is 0 Å². The van der Waals surface area contributed by atoms with Gasteiger partial charge in [-0.1, -0.05) is 11.6 Å². The van der Waals surface area contributed by atoms with Crippen LogP contribution >= 0.6 is 11.6 Å². The molecule has 0 aromatic heterocycles. The van der Waals surface area contributed by atoms with Gasteiger partial charge in [0.05, 0.1) is 6.61 Å². The maximum Gasteiger partial charge on any atom is 0.244 e. The molecule has 3 rings (SSSR count). The van der Waals surface area contributed by atoms with Gasteiger partial charge in [0.2, 0.25) is 5.91 Å². The molecule has 1 N–H and O–H groups in total. The summed E-state index contributed by atoms with van der Waals surface area (Å²) in [5, 5.41) is 3.62. The molecule has 4 heteroatoms. The standard InChI is InChI=1S/C14H14ClNO2/c15-10-1-4-13-12(8-10)9(5-6-18-13)7-14(17)16-11-2-3-11/h1,4,7-8,11H,2-3,5-6H2,(H,16,17)/b9-7+. The number of hydrogen-bond acceptors (Lipinski definition) is 2. The maximum absolute atomic E-state index is 11.8. The number of benzene rings is 1. The van der Waals surface area contributed by atoms with Crippen molar-refractivity contribution in [3.63, 3.8) is 0 Å². The van der Waals surface area contributed by atoms with E-state index in [9.17, 15) is 4.79 Å². The summed E-state index contributed by atoms with van der Waals surface area (Å²) in [5.41, 5.74) is 1.93. The van der Waals surface area contributed by atoms with Gasteiger partial charge in [0.1, 0.15) is 5.75 Å². The molecule has 1 aromatic rings. The first-order valence-corrected chi connectivity index (χ1v) is 6.54. The molecule has 0 bridgehead atoms. The summed E-state index contributed by atoms with van der Waals surface area (Å²) in [5.74, 6) is 0.788. The second kappa shape index (κ2) is 4.65. The SMILES string of the molecule is O=C(/C=C1\CCOc2ccc(Cl)cc21)NC1CC1. The third kappa shape index (κ3) is 2.51. The van der Waals surface area contributed by atoms with Crippen molar-refractivity contribution in [2.45, 2.75) is 25.3 Å². The summed E-state index contributed by atoms with van der Waals surface area (Å²) in [6.07, 6.45) is 4.61. The zero-order chi connectivity index (χ0) is 12.5. The summed E-state index contributed by atoms with van der Waals surface area (Å²) in [6, 6.07) is 5.89. The Labute approximate surface area is 111 Å². The van der Waals surface area contributed by atoms with Gasteiger partial charge < -0.3 is 10.1 Å². The van der Waals surface area contributed by atoms with Gasteiger partial charge in [-0.05, 0) is 36.6 Å². The van der Waals surface area contributed by atoms with Crippen molar-refractivity contribution in [3.05, 3.63) is 34.9 Å². The van der Waals surface area contributed by atoms with E-state index in [-0.39, 0.29) is 5.91 Å². The van der Waals surface area contributed by atoms with Gasteiger partial charge in [-0.25, -0.2) is 0 Å². The van der Waals surface area contributed by atoms with Crippen LogP contribution in [0, 0.1) is 0 Å². The van der Waals surface area contributed by atoms with Gasteiger partial charge in [0, 0.05) is 29.1 Å². The molecule has 1 fully saturated rings. The fourth-order valence-corrected chi connectivity index (χ4v) is 2.24. The first-order chi connectivity index (χ1) is 8.72. The monoisotopic (exact) mass is 263 g/mol. The molecule has 3 nitrogen and oxygen atoms in total. The molecule has 0 atom stereocenters. The number of hydrogen-bond donors (Lipinski definition) is 1. The van der Waals surface area contributed by atoms with Crippen LogP contribution in [-0.2, 0) is 4.79 Å². The molecule has 94 valence electrons. The third-order valence-corrected chi connectivity index (χ3v) is 3.38. The number of ether oxygens (including phenoxy) is 1. The Morgan fingerprint density at radius 2 is 2.28 bits per heavy atom. The molecule has 0 radical (unpaired) electrons. The van der Waals surface area contributed by atoms with Crippen molar-refractivity contribution in [1.82, 2.24) is 5.32 Å². The van der Waals surface area contributed by atoms with Crippen molar-refractivity contribution < 1.29 is 9.53 Å². The number of carbonyl (C=O) groups excluding carboxylic acids is 1. The lowest BCUT2D eigenvalue weighted by Crippen LogP contribution is -2.23. The van der Waals surface area contributed by atoms with Crippen molar-refractivity contribution in [2.75, 3.05) is 6.61 Å². The van der Waals surface area contributed by atoms with E-state index < -0.39 is 0 Å². The average Bonchev–Trinajstić information content (AvgIpc) is 3.14. The highest BCUT2D eigenvalue weighted by Gasteiger charge is 2.23. The quantitative estimate of drug-likeness (QED) is 0.834. The van der Waals surface area contributed by atoms with E-state index in [0.29, 0.717) is 17.7 Å². The molecule has 1 aliphatic heterocycles. The van der Waals surface area contributed by atoms with Crippen molar-refractivity contribution >= 4 is 23.1 Å². The Morgan fingerprint density at radius 1 is 1.44 bits per heavy atom. The Bertz CT molecular complexity index is 521. The topological polar surface area (TPSA) is 38.3 Å². The van der Waals surface area contributed by atoms with Crippen LogP contribution in [0.1, 0.15) is 24.8 Å². The average molecular weight is 264 g/mol. The van der Waals surface area contributed by atoms with Gasteiger partial charge in [-0.2, -0.15) is 0 Å². The Hall–Kier alpha value is -1.48. The fourth-order valence-electron chi connectivity index (χ4n) is 2.06. The van der Waals surface area contributed by atoms with Gasteiger partial charge in [0.25, 0.3) is 0 Å². The minimum absolute atomic E-state index is 0.0136. The molecular weight excluding hydrogens is 250 g/mol. The Morgan fingerprint density at radius 3 is 3.06 bits per heavy atom. The van der Waals surface area contributed by atoms with Gasteiger partial charge in [-0.15, -0.1) is 0 Å². The zero-order valence-corrected chi connectivity index (χ0v) is 10.7. The normalized spacial score (nSPS) is 20.2. The number of halogens is 1. The Balaban J connectivity index is 1.87. The van der Waals surface area contributed by atoms with E-state index in [0.717, 1.165) is 36.1 Å². The number of amides is 1. The molecule has 18 heavy (non-hydrogen) atoms. The van der Waals surface area contributed by atoms with Crippen molar-refractivity contribution in [2.24, 2.45) is 0 Å². The van der Waals surface area contributed by atoms with Crippen LogP contribution < -0.4 is 10.1 Å². The highest BCUT2D eigenvalue weighted by atomic mass is 35.5. The number of nitrogens with one attached hydrogen (secondary N) is 1. The number of rotatable bonds is 2. The molecule has 0 unspecified atom stereocenters. The second-order valence-corrected chi connectivity index (χ2v) is 5.13. The minimum atomic E-state index is -0.0136. The summed E-state index contributed by atoms with van der Waals surface area (Å²) >= 11 is 5.99. The van der Waals surface area contributed by atoms with Crippen LogP contribution in [0.15, 0.2) is 24.3 Å². The molecule has 1 heterocycles. The van der Waals surface area contributed by atoms with E-state index in [1.165, 1.54) is 0 Å². The highest BCUT2D eigenvalue weighted by molar-refractivity contribution is 6.30. The minimum Gasteiger partial charge on any atom is -0.493 e.